The molecule has 1 saturated heterocycles. The molecule has 0 amide bonds. The van der Waals surface area contributed by atoms with Crippen LogP contribution in [-0.2, 0) is 0 Å². The first-order valence-electron chi connectivity index (χ1n) is 7.20. The zero-order valence-electron chi connectivity index (χ0n) is 12.7. The lowest BCUT2D eigenvalue weighted by molar-refractivity contribution is 0.0278. The van der Waals surface area contributed by atoms with Crippen molar-refractivity contribution in [2.24, 2.45) is 23.0 Å². The zero-order chi connectivity index (χ0) is 13.2. The number of piperidine rings is 1. The maximum atomic E-state index is 6.02. The topological polar surface area (TPSA) is 29.3 Å². The molecule has 0 aromatic heterocycles. The standard InChI is InChI=1S/C15H32N2/c1-11-7-12(2)13(3)17(10-11)14(9-16)8-15(4,5)6/h11-14H,7-10,16H2,1-6H3. The van der Waals surface area contributed by atoms with Crippen LogP contribution in [0.1, 0.15) is 54.4 Å². The second-order valence-electron chi connectivity index (χ2n) is 7.41. The smallest absolute Gasteiger partial charge is 0.0226 e. The lowest BCUT2D eigenvalue weighted by Crippen LogP contribution is -2.54. The number of hydrogen-bond acceptors (Lipinski definition) is 2. The van der Waals surface area contributed by atoms with Crippen LogP contribution in [0.15, 0.2) is 0 Å². The first-order valence-corrected chi connectivity index (χ1v) is 7.20. The lowest BCUT2D eigenvalue weighted by Gasteiger charge is -2.46. The fourth-order valence-corrected chi connectivity index (χ4v) is 3.28. The highest BCUT2D eigenvalue weighted by Crippen LogP contribution is 2.32. The largest absolute Gasteiger partial charge is 0.329 e. The molecule has 2 heteroatoms. The molecule has 0 aliphatic carbocycles. The first-order chi connectivity index (χ1) is 7.74. The van der Waals surface area contributed by atoms with Gasteiger partial charge < -0.3 is 5.73 Å². The molecule has 0 bridgehead atoms. The molecule has 1 aliphatic heterocycles. The molecule has 0 aromatic carbocycles. The van der Waals surface area contributed by atoms with Gasteiger partial charge in [-0.1, -0.05) is 34.6 Å². The van der Waals surface area contributed by atoms with Crippen LogP contribution in [0.5, 0.6) is 0 Å². The summed E-state index contributed by atoms with van der Waals surface area (Å²) < 4.78 is 0. The number of nitrogens with two attached hydrogens (primary N) is 1. The van der Waals surface area contributed by atoms with Crippen LogP contribution in [-0.4, -0.2) is 30.1 Å². The molecule has 102 valence electrons. The van der Waals surface area contributed by atoms with Crippen LogP contribution in [0, 0.1) is 17.3 Å². The summed E-state index contributed by atoms with van der Waals surface area (Å²) in [6.07, 6.45) is 2.57. The van der Waals surface area contributed by atoms with Gasteiger partial charge >= 0.3 is 0 Å². The maximum absolute atomic E-state index is 6.02. The van der Waals surface area contributed by atoms with Gasteiger partial charge in [-0.15, -0.1) is 0 Å². The lowest BCUT2D eigenvalue weighted by atomic mass is 9.81. The van der Waals surface area contributed by atoms with Crippen molar-refractivity contribution in [2.45, 2.75) is 66.5 Å². The van der Waals surface area contributed by atoms with E-state index in [9.17, 15) is 0 Å². The molecule has 1 rings (SSSR count). The Kier molecular flexibility index (Phi) is 5.03. The van der Waals surface area contributed by atoms with Crippen LogP contribution in [0.4, 0.5) is 0 Å². The average Bonchev–Trinajstić information content (AvgIpc) is 2.18. The summed E-state index contributed by atoms with van der Waals surface area (Å²) in [7, 11) is 0. The van der Waals surface area contributed by atoms with Crippen LogP contribution < -0.4 is 5.73 Å². The van der Waals surface area contributed by atoms with E-state index in [-0.39, 0.29) is 0 Å². The van der Waals surface area contributed by atoms with E-state index < -0.39 is 0 Å². The molecule has 1 fully saturated rings. The van der Waals surface area contributed by atoms with Gasteiger partial charge in [0, 0.05) is 25.2 Å². The van der Waals surface area contributed by atoms with Gasteiger partial charge in [0.2, 0.25) is 0 Å². The summed E-state index contributed by atoms with van der Waals surface area (Å²) in [5.41, 5.74) is 6.39. The fraction of sp³-hybridized carbons (Fsp3) is 1.00. The molecule has 0 spiro atoms. The summed E-state index contributed by atoms with van der Waals surface area (Å²) in [6.45, 7) is 16.1. The second kappa shape index (κ2) is 5.71. The predicted octanol–water partition coefficient (Wildman–Crippen LogP) is 3.12. The van der Waals surface area contributed by atoms with Gasteiger partial charge in [-0.2, -0.15) is 0 Å². The van der Waals surface area contributed by atoms with E-state index in [1.165, 1.54) is 19.4 Å². The number of nitrogens with zero attached hydrogens (tertiary/aromatic N) is 1. The Morgan fingerprint density at radius 3 is 2.29 bits per heavy atom. The molecule has 2 nitrogen and oxygen atoms in total. The molecule has 0 aromatic rings. The van der Waals surface area contributed by atoms with Crippen molar-refractivity contribution < 1.29 is 0 Å². The van der Waals surface area contributed by atoms with Crippen molar-refractivity contribution in [2.75, 3.05) is 13.1 Å². The Balaban J connectivity index is 2.72. The monoisotopic (exact) mass is 240 g/mol. The maximum Gasteiger partial charge on any atom is 0.0226 e. The summed E-state index contributed by atoms with van der Waals surface area (Å²) in [4.78, 5) is 2.67. The van der Waals surface area contributed by atoms with E-state index in [0.717, 1.165) is 18.4 Å². The van der Waals surface area contributed by atoms with Gasteiger partial charge in [-0.3, -0.25) is 4.90 Å². The molecule has 17 heavy (non-hydrogen) atoms. The van der Waals surface area contributed by atoms with Crippen LogP contribution in [0.25, 0.3) is 0 Å². The fourth-order valence-electron chi connectivity index (χ4n) is 3.28. The number of hydrogen-bond donors (Lipinski definition) is 1. The third kappa shape index (κ3) is 4.26. The quantitative estimate of drug-likeness (QED) is 0.821. The number of rotatable bonds is 3. The molecule has 0 saturated carbocycles. The van der Waals surface area contributed by atoms with Gasteiger partial charge in [0.25, 0.3) is 0 Å². The van der Waals surface area contributed by atoms with Crippen molar-refractivity contribution in [1.29, 1.82) is 0 Å². The molecule has 1 aliphatic rings. The Morgan fingerprint density at radius 1 is 1.24 bits per heavy atom. The summed E-state index contributed by atoms with van der Waals surface area (Å²) in [6, 6.07) is 1.23. The minimum absolute atomic E-state index is 0.369. The van der Waals surface area contributed by atoms with Crippen molar-refractivity contribution in [3.63, 3.8) is 0 Å². The second-order valence-corrected chi connectivity index (χ2v) is 7.41. The third-order valence-corrected chi connectivity index (χ3v) is 4.23. The molecule has 2 N–H and O–H groups in total. The molecular formula is C15H32N2. The SMILES string of the molecule is CC1CC(C)C(C)N(C(CN)CC(C)(C)C)C1. The molecule has 4 unspecified atom stereocenters. The summed E-state index contributed by atoms with van der Waals surface area (Å²) >= 11 is 0. The zero-order valence-corrected chi connectivity index (χ0v) is 12.7. The Labute approximate surface area is 108 Å². The van der Waals surface area contributed by atoms with Crippen molar-refractivity contribution in [3.8, 4) is 0 Å². The van der Waals surface area contributed by atoms with E-state index in [2.05, 4.69) is 46.4 Å². The average molecular weight is 240 g/mol. The molecule has 1 heterocycles. The highest BCUT2D eigenvalue weighted by atomic mass is 15.2. The third-order valence-electron chi connectivity index (χ3n) is 4.23. The van der Waals surface area contributed by atoms with Gasteiger partial charge in [0.05, 0.1) is 0 Å². The van der Waals surface area contributed by atoms with Crippen LogP contribution in [0.3, 0.4) is 0 Å². The van der Waals surface area contributed by atoms with E-state index in [0.29, 0.717) is 17.5 Å². The van der Waals surface area contributed by atoms with E-state index in [4.69, 9.17) is 5.73 Å². The molecular weight excluding hydrogens is 208 g/mol. The van der Waals surface area contributed by atoms with E-state index in [1.807, 2.05) is 0 Å². The minimum atomic E-state index is 0.369. The van der Waals surface area contributed by atoms with Crippen LogP contribution >= 0.6 is 0 Å². The van der Waals surface area contributed by atoms with Crippen molar-refractivity contribution >= 4 is 0 Å². The molecule has 0 radical (unpaired) electrons. The van der Waals surface area contributed by atoms with Crippen LogP contribution in [0.2, 0.25) is 0 Å². The van der Waals surface area contributed by atoms with Gasteiger partial charge in [0.15, 0.2) is 0 Å². The number of likely N-dealkylation sites (tertiary alicyclic amines) is 1. The Hall–Kier alpha value is -0.0800. The van der Waals surface area contributed by atoms with Gasteiger partial charge in [-0.25, -0.2) is 0 Å². The predicted molar refractivity (Wildman–Crippen MR) is 76.0 cm³/mol. The Morgan fingerprint density at radius 2 is 1.82 bits per heavy atom. The van der Waals surface area contributed by atoms with Crippen molar-refractivity contribution in [1.82, 2.24) is 4.90 Å². The van der Waals surface area contributed by atoms with Gasteiger partial charge in [0.1, 0.15) is 0 Å². The Bertz CT molecular complexity index is 232. The summed E-state index contributed by atoms with van der Waals surface area (Å²) in [5, 5.41) is 0. The highest BCUT2D eigenvalue weighted by Gasteiger charge is 2.34. The van der Waals surface area contributed by atoms with E-state index >= 15 is 0 Å². The van der Waals surface area contributed by atoms with Crippen molar-refractivity contribution in [3.05, 3.63) is 0 Å². The van der Waals surface area contributed by atoms with E-state index in [1.54, 1.807) is 0 Å². The minimum Gasteiger partial charge on any atom is -0.329 e. The molecule has 4 atom stereocenters. The summed E-state index contributed by atoms with van der Waals surface area (Å²) in [5.74, 6) is 1.61. The van der Waals surface area contributed by atoms with Gasteiger partial charge in [-0.05, 0) is 37.0 Å². The normalized spacial score (nSPS) is 33.7. The highest BCUT2D eigenvalue weighted by molar-refractivity contribution is 4.88. The first kappa shape index (κ1) is 15.0.